The highest BCUT2D eigenvalue weighted by Gasteiger charge is 2.13. The molecule has 0 aliphatic carbocycles. The molecule has 2 N–H and O–H groups in total. The Balaban J connectivity index is 2.06. The third-order valence-electron chi connectivity index (χ3n) is 2.74. The molecule has 0 spiro atoms. The van der Waals surface area contributed by atoms with Gasteiger partial charge in [-0.05, 0) is 46.9 Å². The van der Waals surface area contributed by atoms with Crippen molar-refractivity contribution in [3.05, 3.63) is 62.2 Å². The minimum atomic E-state index is -1.09. The minimum Gasteiger partial charge on any atom is -0.386 e. The fourth-order valence-electron chi connectivity index (χ4n) is 1.72. The van der Waals surface area contributed by atoms with Crippen LogP contribution in [0.2, 0.25) is 5.02 Å². The molecule has 0 saturated heterocycles. The standard InChI is InChI=1S/C14H11ClF2INO/c15-11-6-9(18)2-4-13(11)19-7-14(20)10-3-1-8(16)5-12(10)17/h1-6,14,19-20H,7H2. The first-order valence-electron chi connectivity index (χ1n) is 5.79. The first-order valence-corrected chi connectivity index (χ1v) is 7.25. The maximum absolute atomic E-state index is 13.5. The minimum absolute atomic E-state index is 0.0422. The predicted molar refractivity (Wildman–Crippen MR) is 84.0 cm³/mol. The van der Waals surface area contributed by atoms with Gasteiger partial charge < -0.3 is 10.4 Å². The Morgan fingerprint density at radius 1 is 1.20 bits per heavy atom. The highest BCUT2D eigenvalue weighted by atomic mass is 127. The molecule has 1 atom stereocenters. The number of aliphatic hydroxyl groups is 1. The maximum atomic E-state index is 13.5. The number of aliphatic hydroxyl groups excluding tert-OH is 1. The van der Waals surface area contributed by atoms with E-state index in [0.717, 1.165) is 15.7 Å². The molecule has 0 bridgehead atoms. The summed E-state index contributed by atoms with van der Waals surface area (Å²) in [5.74, 6) is -1.44. The van der Waals surface area contributed by atoms with Gasteiger partial charge in [-0.25, -0.2) is 8.78 Å². The number of nitrogens with one attached hydrogen (secondary N) is 1. The van der Waals surface area contributed by atoms with Crippen LogP contribution in [-0.2, 0) is 0 Å². The van der Waals surface area contributed by atoms with Crippen molar-refractivity contribution in [1.82, 2.24) is 0 Å². The van der Waals surface area contributed by atoms with Crippen molar-refractivity contribution in [1.29, 1.82) is 0 Å². The van der Waals surface area contributed by atoms with Gasteiger partial charge in [0, 0.05) is 21.7 Å². The van der Waals surface area contributed by atoms with E-state index in [9.17, 15) is 13.9 Å². The van der Waals surface area contributed by atoms with Crippen LogP contribution in [0.3, 0.4) is 0 Å². The molecule has 6 heteroatoms. The van der Waals surface area contributed by atoms with Gasteiger partial charge in [0.2, 0.25) is 0 Å². The Hall–Kier alpha value is -0.920. The number of hydrogen-bond donors (Lipinski definition) is 2. The zero-order valence-corrected chi connectivity index (χ0v) is 13.1. The molecule has 0 aliphatic rings. The van der Waals surface area contributed by atoms with Crippen LogP contribution in [0.25, 0.3) is 0 Å². The number of anilines is 1. The Bertz CT molecular complexity index is 624. The first-order chi connectivity index (χ1) is 9.47. The van der Waals surface area contributed by atoms with E-state index in [4.69, 9.17) is 11.6 Å². The molecule has 1 unspecified atom stereocenters. The summed E-state index contributed by atoms with van der Waals surface area (Å²) < 4.78 is 27.3. The molecule has 2 aromatic rings. The topological polar surface area (TPSA) is 32.3 Å². The van der Waals surface area contributed by atoms with E-state index < -0.39 is 17.7 Å². The number of benzene rings is 2. The second-order valence-electron chi connectivity index (χ2n) is 4.19. The summed E-state index contributed by atoms with van der Waals surface area (Å²) in [6.45, 7) is 0.0723. The second kappa shape index (κ2) is 6.69. The van der Waals surface area contributed by atoms with Gasteiger partial charge in [-0.2, -0.15) is 0 Å². The van der Waals surface area contributed by atoms with Gasteiger partial charge >= 0.3 is 0 Å². The van der Waals surface area contributed by atoms with Gasteiger partial charge in [0.05, 0.1) is 16.8 Å². The predicted octanol–water partition coefficient (Wildman–Crippen LogP) is 4.37. The molecule has 0 aromatic heterocycles. The molecule has 106 valence electrons. The molecule has 0 radical (unpaired) electrons. The lowest BCUT2D eigenvalue weighted by Gasteiger charge is -2.15. The number of hydrogen-bond acceptors (Lipinski definition) is 2. The van der Waals surface area contributed by atoms with Crippen molar-refractivity contribution in [2.45, 2.75) is 6.10 Å². The lowest BCUT2D eigenvalue weighted by atomic mass is 10.1. The molecule has 0 saturated carbocycles. The van der Waals surface area contributed by atoms with Crippen LogP contribution in [0.1, 0.15) is 11.7 Å². The van der Waals surface area contributed by atoms with Crippen molar-refractivity contribution in [2.24, 2.45) is 0 Å². The van der Waals surface area contributed by atoms with Gasteiger partial charge in [0.15, 0.2) is 0 Å². The summed E-state index contributed by atoms with van der Waals surface area (Å²) in [7, 11) is 0. The van der Waals surface area contributed by atoms with Gasteiger partial charge in [0.25, 0.3) is 0 Å². The quantitative estimate of drug-likeness (QED) is 0.735. The van der Waals surface area contributed by atoms with E-state index in [-0.39, 0.29) is 12.1 Å². The zero-order valence-electron chi connectivity index (χ0n) is 10.2. The molecule has 20 heavy (non-hydrogen) atoms. The Morgan fingerprint density at radius 2 is 1.95 bits per heavy atom. The smallest absolute Gasteiger partial charge is 0.131 e. The average Bonchev–Trinajstić information content (AvgIpc) is 2.37. The van der Waals surface area contributed by atoms with Gasteiger partial charge in [-0.15, -0.1) is 0 Å². The summed E-state index contributed by atoms with van der Waals surface area (Å²) in [4.78, 5) is 0. The molecule has 2 rings (SSSR count). The van der Waals surface area contributed by atoms with Crippen LogP contribution < -0.4 is 5.32 Å². The van der Waals surface area contributed by atoms with E-state index in [1.54, 1.807) is 12.1 Å². The van der Waals surface area contributed by atoms with Crippen molar-refractivity contribution in [3.8, 4) is 0 Å². The highest BCUT2D eigenvalue weighted by Crippen LogP contribution is 2.25. The maximum Gasteiger partial charge on any atom is 0.131 e. The van der Waals surface area contributed by atoms with Crippen LogP contribution in [0.15, 0.2) is 36.4 Å². The van der Waals surface area contributed by atoms with Crippen LogP contribution in [0.5, 0.6) is 0 Å². The van der Waals surface area contributed by atoms with Crippen LogP contribution in [-0.4, -0.2) is 11.7 Å². The third kappa shape index (κ3) is 3.80. The van der Waals surface area contributed by atoms with E-state index in [2.05, 4.69) is 27.9 Å². The van der Waals surface area contributed by atoms with Gasteiger partial charge in [-0.3, -0.25) is 0 Å². The van der Waals surface area contributed by atoms with Crippen molar-refractivity contribution in [2.75, 3.05) is 11.9 Å². The summed E-state index contributed by atoms with van der Waals surface area (Å²) in [5.41, 5.74) is 0.689. The number of halogens is 4. The molecule has 0 aliphatic heterocycles. The van der Waals surface area contributed by atoms with Crippen molar-refractivity contribution in [3.63, 3.8) is 0 Å². The van der Waals surface area contributed by atoms with E-state index in [1.807, 2.05) is 6.07 Å². The summed E-state index contributed by atoms with van der Waals surface area (Å²) in [6, 6.07) is 8.50. The Morgan fingerprint density at radius 3 is 2.60 bits per heavy atom. The van der Waals surface area contributed by atoms with Gasteiger partial charge in [0.1, 0.15) is 11.6 Å². The first kappa shape index (κ1) is 15.5. The molecule has 0 heterocycles. The molecule has 0 fully saturated rings. The molecule has 2 aromatic carbocycles. The Labute approximate surface area is 133 Å². The summed E-state index contributed by atoms with van der Waals surface area (Å²) in [6.07, 6.45) is -1.09. The monoisotopic (exact) mass is 409 g/mol. The SMILES string of the molecule is OC(CNc1ccc(I)cc1Cl)c1ccc(F)cc1F. The van der Waals surface area contributed by atoms with Crippen molar-refractivity contribution < 1.29 is 13.9 Å². The zero-order chi connectivity index (χ0) is 14.7. The summed E-state index contributed by atoms with van der Waals surface area (Å²) >= 11 is 8.17. The lowest BCUT2D eigenvalue weighted by Crippen LogP contribution is -2.13. The van der Waals surface area contributed by atoms with Crippen LogP contribution in [0, 0.1) is 15.2 Å². The lowest BCUT2D eigenvalue weighted by molar-refractivity contribution is 0.186. The van der Waals surface area contributed by atoms with E-state index >= 15 is 0 Å². The Kier molecular flexibility index (Phi) is 5.17. The normalized spacial score (nSPS) is 12.2. The van der Waals surface area contributed by atoms with Crippen LogP contribution in [0.4, 0.5) is 14.5 Å². The summed E-state index contributed by atoms with van der Waals surface area (Å²) in [5, 5.41) is 13.4. The molecular formula is C14H11ClF2INO. The highest BCUT2D eigenvalue weighted by molar-refractivity contribution is 14.1. The largest absolute Gasteiger partial charge is 0.386 e. The fourth-order valence-corrected chi connectivity index (χ4v) is 2.64. The van der Waals surface area contributed by atoms with Gasteiger partial charge in [-0.1, -0.05) is 17.7 Å². The van der Waals surface area contributed by atoms with E-state index in [1.165, 1.54) is 6.07 Å². The second-order valence-corrected chi connectivity index (χ2v) is 5.84. The third-order valence-corrected chi connectivity index (χ3v) is 3.72. The molecule has 2 nitrogen and oxygen atoms in total. The number of rotatable bonds is 4. The fraction of sp³-hybridized carbons (Fsp3) is 0.143. The molecule has 0 amide bonds. The molecular weight excluding hydrogens is 399 g/mol. The average molecular weight is 410 g/mol. The van der Waals surface area contributed by atoms with E-state index in [0.29, 0.717) is 10.7 Å². The van der Waals surface area contributed by atoms with Crippen molar-refractivity contribution >= 4 is 39.9 Å². The van der Waals surface area contributed by atoms with Crippen LogP contribution >= 0.6 is 34.2 Å².